The molecular weight excluding hydrogens is 287 g/mol. The Morgan fingerprint density at radius 3 is 2.62 bits per heavy atom. The lowest BCUT2D eigenvalue weighted by atomic mass is 10.2. The van der Waals surface area contributed by atoms with Crippen LogP contribution in [0.15, 0.2) is 24.3 Å². The number of nitrogens with zero attached hydrogens (tertiary/aromatic N) is 2. The summed E-state index contributed by atoms with van der Waals surface area (Å²) in [6.07, 6.45) is 0. The maximum atomic E-state index is 13.5. The van der Waals surface area contributed by atoms with Crippen LogP contribution < -0.4 is 10.6 Å². The SMILES string of the molecule is CNc1nc(Nc2cc(C)cc(F)c2)c2cc(C)sc2n1. The Labute approximate surface area is 126 Å². The summed E-state index contributed by atoms with van der Waals surface area (Å²) in [4.78, 5) is 10.9. The molecule has 3 aromatic rings. The third-order valence-electron chi connectivity index (χ3n) is 3.04. The van der Waals surface area contributed by atoms with Crippen LogP contribution in [0, 0.1) is 19.7 Å². The summed E-state index contributed by atoms with van der Waals surface area (Å²) in [6.45, 7) is 3.89. The van der Waals surface area contributed by atoms with E-state index >= 15 is 0 Å². The number of hydrogen-bond acceptors (Lipinski definition) is 5. The molecule has 1 aromatic carbocycles. The van der Waals surface area contributed by atoms with Crippen molar-refractivity contribution in [2.24, 2.45) is 0 Å². The third kappa shape index (κ3) is 2.80. The van der Waals surface area contributed by atoms with Gasteiger partial charge < -0.3 is 10.6 Å². The van der Waals surface area contributed by atoms with E-state index in [0.29, 0.717) is 17.5 Å². The van der Waals surface area contributed by atoms with Gasteiger partial charge in [0.2, 0.25) is 5.95 Å². The van der Waals surface area contributed by atoms with Crippen LogP contribution in [0.2, 0.25) is 0 Å². The Balaban J connectivity index is 2.10. The molecule has 0 atom stereocenters. The largest absolute Gasteiger partial charge is 0.357 e. The van der Waals surface area contributed by atoms with E-state index in [1.165, 1.54) is 12.1 Å². The predicted octanol–water partition coefficient (Wildman–Crippen LogP) is 4.23. The molecule has 0 saturated heterocycles. The molecule has 0 radical (unpaired) electrons. The van der Waals surface area contributed by atoms with Crippen molar-refractivity contribution in [2.45, 2.75) is 13.8 Å². The Morgan fingerprint density at radius 2 is 1.90 bits per heavy atom. The first-order chi connectivity index (χ1) is 10.0. The van der Waals surface area contributed by atoms with E-state index in [1.54, 1.807) is 18.4 Å². The summed E-state index contributed by atoms with van der Waals surface area (Å²) >= 11 is 1.61. The highest BCUT2D eigenvalue weighted by Gasteiger charge is 2.11. The number of aromatic nitrogens is 2. The van der Waals surface area contributed by atoms with Gasteiger partial charge in [0.05, 0.1) is 5.39 Å². The van der Waals surface area contributed by atoms with Crippen LogP contribution in [0.25, 0.3) is 10.2 Å². The van der Waals surface area contributed by atoms with Crippen LogP contribution in [-0.4, -0.2) is 17.0 Å². The standard InChI is InChI=1S/C15H15FN4S/c1-8-4-10(16)7-11(5-8)18-13-12-6-9(2)21-14(12)20-15(17-3)19-13/h4-7H,1-3H3,(H2,17,18,19,20). The monoisotopic (exact) mass is 302 g/mol. The molecule has 0 aliphatic rings. The lowest BCUT2D eigenvalue weighted by Crippen LogP contribution is -2.01. The molecule has 0 aliphatic heterocycles. The van der Waals surface area contributed by atoms with Gasteiger partial charge in [0.25, 0.3) is 0 Å². The van der Waals surface area contributed by atoms with Gasteiger partial charge in [-0.05, 0) is 43.7 Å². The highest BCUT2D eigenvalue weighted by Crippen LogP contribution is 2.31. The first-order valence-electron chi connectivity index (χ1n) is 6.55. The Kier molecular flexibility index (Phi) is 3.47. The van der Waals surface area contributed by atoms with Crippen LogP contribution in [0.4, 0.5) is 21.8 Å². The van der Waals surface area contributed by atoms with Crippen LogP contribution in [0.5, 0.6) is 0 Å². The number of fused-ring (bicyclic) bond motifs is 1. The molecule has 0 aliphatic carbocycles. The maximum Gasteiger partial charge on any atom is 0.225 e. The zero-order chi connectivity index (χ0) is 15.0. The summed E-state index contributed by atoms with van der Waals surface area (Å²) in [5.74, 6) is 0.955. The van der Waals surface area contributed by atoms with Gasteiger partial charge in [-0.25, -0.2) is 9.37 Å². The zero-order valence-corrected chi connectivity index (χ0v) is 12.8. The highest BCUT2D eigenvalue weighted by atomic mass is 32.1. The minimum absolute atomic E-state index is 0.266. The van der Waals surface area contributed by atoms with E-state index < -0.39 is 0 Å². The molecule has 21 heavy (non-hydrogen) atoms. The van der Waals surface area contributed by atoms with Gasteiger partial charge in [0, 0.05) is 17.6 Å². The first-order valence-corrected chi connectivity index (χ1v) is 7.37. The molecule has 3 rings (SSSR count). The second-order valence-corrected chi connectivity index (χ2v) is 6.10. The smallest absolute Gasteiger partial charge is 0.225 e. The van der Waals surface area contributed by atoms with E-state index in [4.69, 9.17) is 0 Å². The average Bonchev–Trinajstić information content (AvgIpc) is 2.78. The van der Waals surface area contributed by atoms with Gasteiger partial charge in [-0.3, -0.25) is 0 Å². The Hall–Kier alpha value is -2.21. The lowest BCUT2D eigenvalue weighted by Gasteiger charge is -2.09. The predicted molar refractivity (Wildman–Crippen MR) is 86.1 cm³/mol. The minimum Gasteiger partial charge on any atom is -0.357 e. The molecule has 108 valence electrons. The van der Waals surface area contributed by atoms with Crippen molar-refractivity contribution < 1.29 is 4.39 Å². The van der Waals surface area contributed by atoms with E-state index in [2.05, 4.69) is 20.6 Å². The molecule has 0 amide bonds. The fraction of sp³-hybridized carbons (Fsp3) is 0.200. The van der Waals surface area contributed by atoms with Gasteiger partial charge in [0.1, 0.15) is 16.5 Å². The number of thiophene rings is 1. The summed E-state index contributed by atoms with van der Waals surface area (Å²) in [5.41, 5.74) is 1.54. The first kappa shape index (κ1) is 13.8. The fourth-order valence-corrected chi connectivity index (χ4v) is 3.07. The Morgan fingerprint density at radius 1 is 1.10 bits per heavy atom. The second-order valence-electron chi connectivity index (χ2n) is 4.86. The third-order valence-corrected chi connectivity index (χ3v) is 3.99. The van der Waals surface area contributed by atoms with Crippen molar-refractivity contribution in [3.63, 3.8) is 0 Å². The summed E-state index contributed by atoms with van der Waals surface area (Å²) in [6, 6.07) is 6.87. The minimum atomic E-state index is -0.266. The normalized spacial score (nSPS) is 10.9. The molecule has 4 nitrogen and oxygen atoms in total. The van der Waals surface area contributed by atoms with Gasteiger partial charge >= 0.3 is 0 Å². The summed E-state index contributed by atoms with van der Waals surface area (Å²) in [7, 11) is 1.78. The quantitative estimate of drug-likeness (QED) is 0.760. The number of nitrogens with one attached hydrogen (secondary N) is 2. The van der Waals surface area contributed by atoms with Crippen molar-refractivity contribution >= 4 is 39.0 Å². The molecule has 0 unspecified atom stereocenters. The van der Waals surface area contributed by atoms with E-state index in [1.807, 2.05) is 26.0 Å². The number of aryl methyl sites for hydroxylation is 2. The maximum absolute atomic E-state index is 13.5. The number of halogens is 1. The fourth-order valence-electron chi connectivity index (χ4n) is 2.19. The lowest BCUT2D eigenvalue weighted by molar-refractivity contribution is 0.627. The van der Waals surface area contributed by atoms with Crippen LogP contribution in [-0.2, 0) is 0 Å². The molecular formula is C15H15FN4S. The van der Waals surface area contributed by atoms with Gasteiger partial charge in [-0.1, -0.05) is 0 Å². The molecule has 0 bridgehead atoms. The molecule has 2 N–H and O–H groups in total. The van der Waals surface area contributed by atoms with E-state index in [9.17, 15) is 4.39 Å². The van der Waals surface area contributed by atoms with Crippen LogP contribution >= 0.6 is 11.3 Å². The molecule has 2 aromatic heterocycles. The van der Waals surface area contributed by atoms with E-state index in [-0.39, 0.29) is 5.82 Å². The van der Waals surface area contributed by atoms with Crippen LogP contribution in [0.3, 0.4) is 0 Å². The second kappa shape index (κ2) is 5.29. The van der Waals surface area contributed by atoms with Crippen molar-refractivity contribution in [1.29, 1.82) is 0 Å². The van der Waals surface area contributed by atoms with Crippen molar-refractivity contribution in [3.05, 3.63) is 40.5 Å². The number of benzene rings is 1. The highest BCUT2D eigenvalue weighted by molar-refractivity contribution is 7.18. The summed E-state index contributed by atoms with van der Waals surface area (Å²) in [5, 5.41) is 7.08. The van der Waals surface area contributed by atoms with Crippen LogP contribution in [0.1, 0.15) is 10.4 Å². The van der Waals surface area contributed by atoms with Gasteiger partial charge in [-0.2, -0.15) is 4.98 Å². The topological polar surface area (TPSA) is 49.8 Å². The molecule has 2 heterocycles. The van der Waals surface area contributed by atoms with Gasteiger partial charge in [0.15, 0.2) is 0 Å². The molecule has 0 saturated carbocycles. The van der Waals surface area contributed by atoms with Crippen molar-refractivity contribution in [2.75, 3.05) is 17.7 Å². The van der Waals surface area contributed by atoms with E-state index in [0.717, 1.165) is 20.7 Å². The summed E-state index contributed by atoms with van der Waals surface area (Å²) < 4.78 is 13.5. The van der Waals surface area contributed by atoms with Crippen molar-refractivity contribution in [3.8, 4) is 0 Å². The van der Waals surface area contributed by atoms with Crippen molar-refractivity contribution in [1.82, 2.24) is 9.97 Å². The number of hydrogen-bond donors (Lipinski definition) is 2. The van der Waals surface area contributed by atoms with Gasteiger partial charge in [-0.15, -0.1) is 11.3 Å². The molecule has 0 fully saturated rings. The zero-order valence-electron chi connectivity index (χ0n) is 12.0. The Bertz CT molecular complexity index is 793. The molecule has 6 heteroatoms. The number of rotatable bonds is 3. The average molecular weight is 302 g/mol. The molecule has 0 spiro atoms. The number of anilines is 3.